The second kappa shape index (κ2) is 16.7. The van der Waals surface area contributed by atoms with E-state index in [1.807, 2.05) is 0 Å². The summed E-state index contributed by atoms with van der Waals surface area (Å²) >= 11 is 3.73. The summed E-state index contributed by atoms with van der Waals surface area (Å²) in [5, 5.41) is 7.07. The number of aromatic nitrogens is 2. The van der Waals surface area contributed by atoms with E-state index in [1.165, 1.54) is 54.0 Å². The van der Waals surface area contributed by atoms with Crippen LogP contribution in [0.25, 0.3) is 0 Å². The predicted octanol–water partition coefficient (Wildman–Crippen LogP) is -1.10. The predicted molar refractivity (Wildman–Crippen MR) is 169 cm³/mol. The number of nitrogens with two attached hydrogens (primary N) is 1. The van der Waals surface area contributed by atoms with Gasteiger partial charge < -0.3 is 58.8 Å². The number of hydrogen-bond acceptors (Lipinski definition) is 15. The molecule has 1 saturated heterocycles. The zero-order valence-corrected chi connectivity index (χ0v) is 30.8. The monoisotopic (exact) mass is 823 g/mol. The highest BCUT2D eigenvalue weighted by molar-refractivity contribution is 8.00. The first-order chi connectivity index (χ1) is 21.8. The van der Waals surface area contributed by atoms with Gasteiger partial charge in [-0.2, -0.15) is 0 Å². The molecule has 4 N–H and O–H groups in total. The average Bonchev–Trinajstić information content (AvgIpc) is 3.44. The minimum Gasteiger partial charge on any atom is -1.00 e. The van der Waals surface area contributed by atoms with E-state index in [-0.39, 0.29) is 42.2 Å². The lowest BCUT2D eigenvalue weighted by atomic mass is 10.0. The van der Waals surface area contributed by atoms with Crippen LogP contribution in [-0.4, -0.2) is 84.3 Å². The highest BCUT2D eigenvalue weighted by atomic mass is 127. The third kappa shape index (κ3) is 9.61. The summed E-state index contributed by atoms with van der Waals surface area (Å²) in [6, 6.07) is 0.797. The van der Waals surface area contributed by atoms with Gasteiger partial charge in [-0.25, -0.2) is 14.6 Å². The molecule has 4 rings (SSSR count). The Labute approximate surface area is 300 Å². The number of oxime groups is 1. The molecule has 3 amide bonds. The zero-order valence-electron chi connectivity index (χ0n) is 26.2. The van der Waals surface area contributed by atoms with Gasteiger partial charge in [0.15, 0.2) is 10.9 Å². The lowest BCUT2D eigenvalue weighted by Gasteiger charge is -2.49. The standard InChI is InChI=1S/C27H33N7O9S3.HI/c1-27(2,3)43-26(38)32-33-10-17(40-5)19(7-14(33)11-39-4)45-13-42-24(37)16-8-18(15-12-44-25(28)30-15)46-23-21(22(36)34(16)23)31-20(35)9-29-41-6;/h7-10,12,18,21,23H,11,13H2,1-6H3,(H3-,28,30,31,32,35,38);1H/b29-9-;/t18?,21?,23-;/m0./s1. The first kappa shape index (κ1) is 38.1. The maximum atomic E-state index is 13.4. The van der Waals surface area contributed by atoms with Crippen molar-refractivity contribution in [2.24, 2.45) is 5.16 Å². The van der Waals surface area contributed by atoms with E-state index in [2.05, 4.69) is 25.7 Å². The van der Waals surface area contributed by atoms with Crippen LogP contribution in [0.1, 0.15) is 37.4 Å². The smallest absolute Gasteiger partial charge is 0.461 e. The average molecular weight is 824 g/mol. The molecule has 0 radical (unpaired) electrons. The number of carbonyl (C=O) groups excluding carboxylic acids is 4. The van der Waals surface area contributed by atoms with Gasteiger partial charge in [0.1, 0.15) is 48.6 Å². The zero-order chi connectivity index (χ0) is 33.6. The van der Waals surface area contributed by atoms with Crippen molar-refractivity contribution >= 4 is 70.1 Å². The molecule has 2 aliphatic heterocycles. The number of esters is 1. The number of thioether (sulfide) groups is 2. The van der Waals surface area contributed by atoms with Crippen LogP contribution in [0.5, 0.6) is 5.75 Å². The number of nitrogens with one attached hydrogen (secondary N) is 2. The topological polar surface area (TPSA) is 197 Å². The summed E-state index contributed by atoms with van der Waals surface area (Å²) in [6.45, 7) is 5.38. The maximum Gasteiger partial charge on any atom is 0.461 e. The Bertz CT molecular complexity index is 1550. The van der Waals surface area contributed by atoms with Gasteiger partial charge in [0.2, 0.25) is 11.9 Å². The van der Waals surface area contributed by atoms with Crippen LogP contribution in [0.4, 0.5) is 9.93 Å². The molecule has 2 aliphatic rings. The summed E-state index contributed by atoms with van der Waals surface area (Å²) in [5.41, 5.74) is 8.94. The molecule has 0 aliphatic carbocycles. The molecule has 0 bridgehead atoms. The highest BCUT2D eigenvalue weighted by Gasteiger charge is 2.55. The number of β-lactam (4-membered cyclic amide) rings is 1. The summed E-state index contributed by atoms with van der Waals surface area (Å²) in [7, 11) is 4.25. The van der Waals surface area contributed by atoms with E-state index < -0.39 is 46.1 Å². The van der Waals surface area contributed by atoms with Crippen molar-refractivity contribution in [1.82, 2.24) is 15.2 Å². The van der Waals surface area contributed by atoms with Crippen LogP contribution in [0.2, 0.25) is 0 Å². The van der Waals surface area contributed by atoms with Crippen molar-refractivity contribution < 1.29 is 71.6 Å². The molecular formula is C27H34IN7O9S3. The van der Waals surface area contributed by atoms with Crippen molar-refractivity contribution in [1.29, 1.82) is 0 Å². The third-order valence-electron chi connectivity index (χ3n) is 6.13. The number of halogens is 1. The number of anilines is 1. The van der Waals surface area contributed by atoms with Crippen LogP contribution in [0.3, 0.4) is 0 Å². The second-order valence-corrected chi connectivity index (χ2v) is 13.6. The Morgan fingerprint density at radius 1 is 1.26 bits per heavy atom. The fourth-order valence-corrected chi connectivity index (χ4v) is 7.18. The minimum absolute atomic E-state index is 0. The van der Waals surface area contributed by atoms with Crippen molar-refractivity contribution in [3.8, 4) is 5.75 Å². The molecule has 47 heavy (non-hydrogen) atoms. The molecule has 2 aromatic rings. The number of nitrogens with zero attached hydrogens (tertiary/aromatic N) is 4. The summed E-state index contributed by atoms with van der Waals surface area (Å²) in [4.78, 5) is 61.8. The molecule has 2 unspecified atom stereocenters. The Balaban J connectivity index is 0.00000600. The molecule has 3 atom stereocenters. The van der Waals surface area contributed by atoms with E-state index in [0.29, 0.717) is 27.2 Å². The Morgan fingerprint density at radius 3 is 2.62 bits per heavy atom. The van der Waals surface area contributed by atoms with Crippen LogP contribution in [-0.2, 0) is 40.0 Å². The van der Waals surface area contributed by atoms with Crippen molar-refractivity contribution in [2.75, 3.05) is 38.4 Å². The molecule has 2 aromatic heterocycles. The van der Waals surface area contributed by atoms with Crippen molar-refractivity contribution in [3.05, 3.63) is 40.8 Å². The Hall–Kier alpha value is -3.34. The molecule has 4 heterocycles. The molecular weight excluding hydrogens is 789 g/mol. The lowest BCUT2D eigenvalue weighted by molar-refractivity contribution is -0.653. The van der Waals surface area contributed by atoms with E-state index in [9.17, 15) is 19.2 Å². The highest BCUT2D eigenvalue weighted by Crippen LogP contribution is 2.48. The van der Waals surface area contributed by atoms with Gasteiger partial charge in [0, 0.05) is 18.6 Å². The number of rotatable bonds is 12. The van der Waals surface area contributed by atoms with E-state index in [4.69, 9.17) is 24.7 Å². The summed E-state index contributed by atoms with van der Waals surface area (Å²) < 4.78 is 23.2. The number of pyridine rings is 1. The Kier molecular flexibility index (Phi) is 13.5. The van der Waals surface area contributed by atoms with Gasteiger partial charge in [-0.05, 0) is 26.8 Å². The molecule has 0 saturated carbocycles. The minimum atomic E-state index is -0.918. The molecule has 16 nitrogen and oxygen atoms in total. The number of nitrogen functional groups attached to an aromatic ring is 1. The lowest BCUT2D eigenvalue weighted by Crippen LogP contribution is -3.00. The Morgan fingerprint density at radius 2 is 2.00 bits per heavy atom. The number of amides is 3. The molecule has 0 spiro atoms. The number of ether oxygens (including phenoxy) is 4. The largest absolute Gasteiger partial charge is 1.00 e. The number of hydrogen-bond donors (Lipinski definition) is 3. The number of carbonyl (C=O) groups is 4. The van der Waals surface area contributed by atoms with E-state index >= 15 is 0 Å². The quantitative estimate of drug-likeness (QED) is 0.0342. The first-order valence-electron chi connectivity index (χ1n) is 13.5. The van der Waals surface area contributed by atoms with Crippen LogP contribution < -0.4 is 49.9 Å². The van der Waals surface area contributed by atoms with Crippen LogP contribution >= 0.6 is 34.9 Å². The van der Waals surface area contributed by atoms with Crippen molar-refractivity contribution in [3.63, 3.8) is 0 Å². The third-order valence-corrected chi connectivity index (χ3v) is 9.13. The maximum absolute atomic E-state index is 13.4. The number of methoxy groups -OCH3 is 2. The fourth-order valence-electron chi connectivity index (χ4n) is 4.25. The SMILES string of the molecule is COCc1cc(SCOC(=O)C2=CC(c3csc(N)n3)S[C@H]3C(NC(=O)/C=N\OC)C(=O)N23)c(OC)c[n+]1NC(=O)OC(C)(C)C.[I-]. The van der Waals surface area contributed by atoms with Gasteiger partial charge in [0.25, 0.3) is 11.8 Å². The van der Waals surface area contributed by atoms with Gasteiger partial charge in [-0.15, -0.1) is 23.1 Å². The van der Waals surface area contributed by atoms with Crippen LogP contribution in [0.15, 0.2) is 39.5 Å². The molecule has 1 fully saturated rings. The molecule has 0 aromatic carbocycles. The summed E-state index contributed by atoms with van der Waals surface area (Å²) in [6.07, 6.45) is 3.38. The second-order valence-electron chi connectivity index (χ2n) is 10.5. The van der Waals surface area contributed by atoms with Gasteiger partial charge in [-0.3, -0.25) is 14.5 Å². The normalized spacial score (nSPS) is 18.7. The van der Waals surface area contributed by atoms with Gasteiger partial charge >= 0.3 is 12.1 Å². The number of fused-ring (bicyclic) bond motifs is 1. The number of thiazole rings is 1. The van der Waals surface area contributed by atoms with E-state index in [1.54, 1.807) is 44.5 Å². The molecule has 20 heteroatoms. The first-order valence-corrected chi connectivity index (χ1v) is 16.4. The van der Waals surface area contributed by atoms with Gasteiger partial charge in [0.05, 0.1) is 22.9 Å². The van der Waals surface area contributed by atoms with Crippen molar-refractivity contribution in [2.45, 2.75) is 54.5 Å². The van der Waals surface area contributed by atoms with Crippen LogP contribution in [0, 0.1) is 0 Å². The fraction of sp³-hybridized carbons (Fsp3) is 0.444. The van der Waals surface area contributed by atoms with E-state index in [0.717, 1.165) is 18.0 Å². The van der Waals surface area contributed by atoms with Gasteiger partial charge in [-0.1, -0.05) is 27.0 Å². The summed E-state index contributed by atoms with van der Waals surface area (Å²) in [5.74, 6) is -1.64. The molecule has 256 valence electrons.